The highest BCUT2D eigenvalue weighted by atomic mass is 16.3. The van der Waals surface area contributed by atoms with Crippen molar-refractivity contribution in [2.24, 2.45) is 5.84 Å². The average molecular weight is 245 g/mol. The Hall–Kier alpha value is -2.18. The minimum absolute atomic E-state index is 0.0284. The molecule has 6 nitrogen and oxygen atoms in total. The largest absolute Gasteiger partial charge is 0.394 e. The van der Waals surface area contributed by atoms with E-state index in [9.17, 15) is 5.11 Å². The lowest BCUT2D eigenvalue weighted by Gasteiger charge is -2.17. The van der Waals surface area contributed by atoms with Gasteiger partial charge in [-0.25, -0.2) is 15.8 Å². The molecule has 5 N–H and O–H groups in total. The summed E-state index contributed by atoms with van der Waals surface area (Å²) in [6.07, 6.45) is 1.40. The molecule has 1 aromatic carbocycles. The van der Waals surface area contributed by atoms with E-state index in [2.05, 4.69) is 20.7 Å². The summed E-state index contributed by atoms with van der Waals surface area (Å²) in [5.41, 5.74) is 3.43. The van der Waals surface area contributed by atoms with Crippen molar-refractivity contribution in [3.63, 3.8) is 0 Å². The Morgan fingerprint density at radius 2 is 1.89 bits per heavy atom. The number of rotatable bonds is 5. The van der Waals surface area contributed by atoms with Gasteiger partial charge in [0, 0.05) is 6.07 Å². The van der Waals surface area contributed by atoms with Gasteiger partial charge in [-0.2, -0.15) is 0 Å². The molecule has 0 bridgehead atoms. The van der Waals surface area contributed by atoms with Gasteiger partial charge in [0.15, 0.2) is 0 Å². The van der Waals surface area contributed by atoms with Gasteiger partial charge in [0.05, 0.1) is 12.6 Å². The van der Waals surface area contributed by atoms with E-state index in [1.54, 1.807) is 6.07 Å². The number of anilines is 2. The van der Waals surface area contributed by atoms with Crippen molar-refractivity contribution < 1.29 is 5.11 Å². The minimum atomic E-state index is -0.216. The third kappa shape index (κ3) is 2.93. The van der Waals surface area contributed by atoms with Gasteiger partial charge in [-0.15, -0.1) is 0 Å². The molecular weight excluding hydrogens is 230 g/mol. The molecule has 6 heteroatoms. The fraction of sp³-hybridized carbons (Fsp3) is 0.167. The number of hydrogen-bond donors (Lipinski definition) is 4. The first-order chi connectivity index (χ1) is 8.83. The number of aliphatic hydroxyl groups excluding tert-OH is 1. The Kier molecular flexibility index (Phi) is 4.06. The first-order valence-electron chi connectivity index (χ1n) is 5.54. The number of aromatic nitrogens is 2. The van der Waals surface area contributed by atoms with Crippen LogP contribution in [0, 0.1) is 0 Å². The molecule has 18 heavy (non-hydrogen) atoms. The molecule has 0 spiro atoms. The third-order valence-corrected chi connectivity index (χ3v) is 2.52. The molecule has 0 saturated carbocycles. The van der Waals surface area contributed by atoms with Gasteiger partial charge in [-0.3, -0.25) is 0 Å². The Balaban J connectivity index is 2.15. The fourth-order valence-electron chi connectivity index (χ4n) is 1.61. The molecule has 0 saturated heterocycles. The van der Waals surface area contributed by atoms with E-state index in [1.807, 2.05) is 30.3 Å². The van der Waals surface area contributed by atoms with Crippen LogP contribution in [0.15, 0.2) is 42.7 Å². The molecule has 1 unspecified atom stereocenters. The van der Waals surface area contributed by atoms with E-state index in [0.717, 1.165) is 5.56 Å². The highest BCUT2D eigenvalue weighted by Crippen LogP contribution is 2.18. The lowest BCUT2D eigenvalue weighted by Crippen LogP contribution is -2.16. The Morgan fingerprint density at radius 1 is 1.17 bits per heavy atom. The molecule has 0 fully saturated rings. The van der Waals surface area contributed by atoms with Crippen LogP contribution in [0.3, 0.4) is 0 Å². The SMILES string of the molecule is NNc1cc(NC(CO)c2ccccc2)ncn1. The quantitative estimate of drug-likeness (QED) is 0.462. The van der Waals surface area contributed by atoms with Gasteiger partial charge in [-0.1, -0.05) is 30.3 Å². The Labute approximate surface area is 105 Å². The molecular formula is C12H15N5O. The number of hydrogen-bond acceptors (Lipinski definition) is 6. The molecule has 0 radical (unpaired) electrons. The van der Waals surface area contributed by atoms with E-state index in [0.29, 0.717) is 11.6 Å². The van der Waals surface area contributed by atoms with Crippen LogP contribution in [0.5, 0.6) is 0 Å². The highest BCUT2D eigenvalue weighted by Gasteiger charge is 2.10. The third-order valence-electron chi connectivity index (χ3n) is 2.52. The van der Waals surface area contributed by atoms with Crippen molar-refractivity contribution in [3.05, 3.63) is 48.3 Å². The second kappa shape index (κ2) is 5.95. The van der Waals surface area contributed by atoms with E-state index in [-0.39, 0.29) is 12.6 Å². The Bertz CT molecular complexity index is 491. The lowest BCUT2D eigenvalue weighted by molar-refractivity contribution is 0.276. The van der Waals surface area contributed by atoms with Crippen molar-refractivity contribution in [2.45, 2.75) is 6.04 Å². The van der Waals surface area contributed by atoms with Crippen LogP contribution >= 0.6 is 0 Å². The molecule has 2 aromatic rings. The first kappa shape index (κ1) is 12.3. The van der Waals surface area contributed by atoms with E-state index in [1.165, 1.54) is 6.33 Å². The van der Waals surface area contributed by atoms with Crippen LogP contribution in [0.25, 0.3) is 0 Å². The molecule has 94 valence electrons. The molecule has 1 aromatic heterocycles. The van der Waals surface area contributed by atoms with Gasteiger partial charge in [0.25, 0.3) is 0 Å². The number of benzene rings is 1. The minimum Gasteiger partial charge on any atom is -0.394 e. The maximum atomic E-state index is 9.42. The van der Waals surface area contributed by atoms with E-state index >= 15 is 0 Å². The predicted molar refractivity (Wildman–Crippen MR) is 69.7 cm³/mol. The van der Waals surface area contributed by atoms with Gasteiger partial charge in [-0.05, 0) is 5.56 Å². The monoisotopic (exact) mass is 245 g/mol. The standard InChI is InChI=1S/C12H15N5O/c13-17-12-6-11(14-8-15-12)16-10(7-18)9-4-2-1-3-5-9/h1-6,8,10,18H,7,13H2,(H2,14,15,16,17). The summed E-state index contributed by atoms with van der Waals surface area (Å²) >= 11 is 0. The second-order valence-corrected chi connectivity index (χ2v) is 3.72. The molecule has 1 atom stereocenters. The molecule has 2 rings (SSSR count). The predicted octanol–water partition coefficient (Wildman–Crippen LogP) is 0.908. The molecule has 0 aliphatic carbocycles. The zero-order chi connectivity index (χ0) is 12.8. The number of nitrogens with two attached hydrogens (primary N) is 1. The van der Waals surface area contributed by atoms with Crippen molar-refractivity contribution in [2.75, 3.05) is 17.3 Å². The summed E-state index contributed by atoms with van der Waals surface area (Å²) in [5, 5.41) is 12.5. The van der Waals surface area contributed by atoms with Crippen LogP contribution in [-0.4, -0.2) is 21.7 Å². The smallest absolute Gasteiger partial charge is 0.145 e. The van der Waals surface area contributed by atoms with Crippen molar-refractivity contribution in [1.82, 2.24) is 9.97 Å². The zero-order valence-electron chi connectivity index (χ0n) is 9.74. The number of nitrogens with one attached hydrogen (secondary N) is 2. The number of nitrogens with zero attached hydrogens (tertiary/aromatic N) is 2. The van der Waals surface area contributed by atoms with Crippen LogP contribution in [0.2, 0.25) is 0 Å². The zero-order valence-corrected chi connectivity index (χ0v) is 9.74. The lowest BCUT2D eigenvalue weighted by atomic mass is 10.1. The average Bonchev–Trinajstić information content (AvgIpc) is 2.46. The summed E-state index contributed by atoms with van der Waals surface area (Å²) in [5.74, 6) is 6.39. The number of hydrazine groups is 1. The van der Waals surface area contributed by atoms with E-state index < -0.39 is 0 Å². The Morgan fingerprint density at radius 3 is 2.56 bits per heavy atom. The molecule has 0 aliphatic heterocycles. The van der Waals surface area contributed by atoms with Crippen molar-refractivity contribution in [3.8, 4) is 0 Å². The van der Waals surface area contributed by atoms with E-state index in [4.69, 9.17) is 5.84 Å². The summed E-state index contributed by atoms with van der Waals surface area (Å²) in [4.78, 5) is 7.99. The maximum absolute atomic E-state index is 9.42. The van der Waals surface area contributed by atoms with Gasteiger partial charge in [0.1, 0.15) is 18.0 Å². The van der Waals surface area contributed by atoms with Crippen molar-refractivity contribution in [1.29, 1.82) is 0 Å². The summed E-state index contributed by atoms with van der Waals surface area (Å²) in [6, 6.07) is 11.1. The van der Waals surface area contributed by atoms with Crippen molar-refractivity contribution >= 4 is 11.6 Å². The van der Waals surface area contributed by atoms with Crippen LogP contribution in [-0.2, 0) is 0 Å². The summed E-state index contributed by atoms with van der Waals surface area (Å²) < 4.78 is 0. The topological polar surface area (TPSA) is 96.1 Å². The second-order valence-electron chi connectivity index (χ2n) is 3.72. The summed E-state index contributed by atoms with van der Waals surface area (Å²) in [7, 11) is 0. The van der Waals surface area contributed by atoms with Crippen LogP contribution in [0.4, 0.5) is 11.6 Å². The van der Waals surface area contributed by atoms with Gasteiger partial charge >= 0.3 is 0 Å². The van der Waals surface area contributed by atoms with Gasteiger partial charge in [0.2, 0.25) is 0 Å². The molecule has 0 amide bonds. The van der Waals surface area contributed by atoms with Gasteiger partial charge < -0.3 is 15.8 Å². The number of aliphatic hydroxyl groups is 1. The first-order valence-corrected chi connectivity index (χ1v) is 5.54. The maximum Gasteiger partial charge on any atom is 0.145 e. The van der Waals surface area contributed by atoms with Crippen LogP contribution in [0.1, 0.15) is 11.6 Å². The molecule has 1 heterocycles. The normalized spacial score (nSPS) is 11.9. The summed E-state index contributed by atoms with van der Waals surface area (Å²) in [6.45, 7) is -0.0284. The molecule has 0 aliphatic rings. The number of nitrogen functional groups attached to an aromatic ring is 1. The highest BCUT2D eigenvalue weighted by molar-refractivity contribution is 5.47. The van der Waals surface area contributed by atoms with Crippen LogP contribution < -0.4 is 16.6 Å². The fourth-order valence-corrected chi connectivity index (χ4v) is 1.61.